The largest absolute Gasteiger partial charge is 0.478 e. The molecule has 1 aromatic carbocycles. The molecule has 0 radical (unpaired) electrons. The van der Waals surface area contributed by atoms with Crippen molar-refractivity contribution in [1.29, 1.82) is 0 Å². The second kappa shape index (κ2) is 17.9. The summed E-state index contributed by atoms with van der Waals surface area (Å²) in [5.74, 6) is -0.731. The van der Waals surface area contributed by atoms with Gasteiger partial charge in [-0.2, -0.15) is 26.3 Å². The molecule has 234 valence electrons. The molecule has 13 heteroatoms. The molecule has 0 spiro atoms. The molecule has 0 aliphatic carbocycles. The average molecular weight is 605 g/mol. The van der Waals surface area contributed by atoms with Crippen LogP contribution in [0.5, 0.6) is 0 Å². The Labute approximate surface area is 241 Å². The molecule has 2 N–H and O–H groups in total. The predicted octanol–water partition coefficient (Wildman–Crippen LogP) is 8.03. The number of nitrogens with one attached hydrogen (secondary N) is 1. The third kappa shape index (κ3) is 11.2. The molecule has 0 atom stereocenters. The number of carbonyl (C=O) groups is 1. The fourth-order valence-corrected chi connectivity index (χ4v) is 3.84. The van der Waals surface area contributed by atoms with Gasteiger partial charge in [0.15, 0.2) is 0 Å². The van der Waals surface area contributed by atoms with E-state index in [0.29, 0.717) is 5.82 Å². The summed E-state index contributed by atoms with van der Waals surface area (Å²) in [5.41, 5.74) is -1.10. The maximum absolute atomic E-state index is 13.5. The molecule has 0 bridgehead atoms. The van der Waals surface area contributed by atoms with E-state index in [1.54, 1.807) is 12.1 Å². The first-order chi connectivity index (χ1) is 19.9. The van der Waals surface area contributed by atoms with Crippen molar-refractivity contribution in [3.63, 3.8) is 0 Å². The summed E-state index contributed by atoms with van der Waals surface area (Å²) >= 11 is 0. The summed E-state index contributed by atoms with van der Waals surface area (Å²) in [4.78, 5) is 30.6. The van der Waals surface area contributed by atoms with Crippen LogP contribution in [0.25, 0.3) is 5.65 Å². The molecule has 1 fully saturated rings. The van der Waals surface area contributed by atoms with E-state index < -0.39 is 29.9 Å². The normalized spacial score (nSPS) is 12.8. The van der Waals surface area contributed by atoms with Gasteiger partial charge in [0.25, 0.3) is 5.56 Å². The van der Waals surface area contributed by atoms with Gasteiger partial charge in [0, 0.05) is 43.1 Å². The van der Waals surface area contributed by atoms with Crippen molar-refractivity contribution in [2.45, 2.75) is 79.2 Å². The number of carboxylic acids is 1. The fraction of sp³-hybridized carbons (Fsp3) is 0.483. The fourth-order valence-electron chi connectivity index (χ4n) is 3.84. The number of hydrogen-bond acceptors (Lipinski definition) is 5. The van der Waals surface area contributed by atoms with Crippen LogP contribution >= 0.6 is 0 Å². The summed E-state index contributed by atoms with van der Waals surface area (Å²) in [5, 5.41) is 12.2. The number of aromatic carboxylic acids is 1. The van der Waals surface area contributed by atoms with Crippen LogP contribution in [0.1, 0.15) is 81.3 Å². The number of piperidine rings is 1. The van der Waals surface area contributed by atoms with E-state index in [9.17, 15) is 41.0 Å². The van der Waals surface area contributed by atoms with Crippen LogP contribution in [0, 0.1) is 0 Å². The topological polar surface area (TPSA) is 86.9 Å². The highest BCUT2D eigenvalue weighted by atomic mass is 19.4. The van der Waals surface area contributed by atoms with Gasteiger partial charge in [0.1, 0.15) is 11.5 Å². The van der Waals surface area contributed by atoms with Gasteiger partial charge in [0.05, 0.1) is 11.1 Å². The lowest BCUT2D eigenvalue weighted by molar-refractivity contribution is -0.137. The monoisotopic (exact) mass is 604 g/mol. The van der Waals surface area contributed by atoms with Crippen LogP contribution < -0.4 is 15.8 Å². The highest BCUT2D eigenvalue weighted by Gasteiger charge is 2.32. The van der Waals surface area contributed by atoms with Crippen LogP contribution in [-0.4, -0.2) is 40.2 Å². The average Bonchev–Trinajstić information content (AvgIpc) is 2.97. The van der Waals surface area contributed by atoms with Gasteiger partial charge in [-0.15, -0.1) is 0 Å². The molecule has 0 saturated carbocycles. The van der Waals surface area contributed by atoms with Crippen molar-refractivity contribution < 1.29 is 36.2 Å². The molecule has 7 nitrogen and oxygen atoms in total. The Hall–Kier alpha value is -3.77. The lowest BCUT2D eigenvalue weighted by atomic mass is 10.1. The van der Waals surface area contributed by atoms with Crippen molar-refractivity contribution in [3.05, 3.63) is 69.6 Å². The van der Waals surface area contributed by atoms with Crippen molar-refractivity contribution in [1.82, 2.24) is 9.38 Å². The van der Waals surface area contributed by atoms with E-state index in [1.807, 2.05) is 18.7 Å². The number of halogens is 6. The minimum Gasteiger partial charge on any atom is -0.478 e. The molecule has 1 aliphatic heterocycles. The number of fused-ring (bicyclic) bond motifs is 1. The van der Waals surface area contributed by atoms with E-state index in [2.05, 4.69) is 24.1 Å². The van der Waals surface area contributed by atoms with Crippen molar-refractivity contribution in [2.24, 2.45) is 0 Å². The predicted molar refractivity (Wildman–Crippen MR) is 152 cm³/mol. The molecule has 42 heavy (non-hydrogen) atoms. The molecule has 1 saturated heterocycles. The lowest BCUT2D eigenvalue weighted by Crippen LogP contribution is -2.32. The molecule has 3 heterocycles. The number of rotatable bonds is 6. The summed E-state index contributed by atoms with van der Waals surface area (Å²) in [6.45, 7) is 6.00. The number of benzene rings is 1. The molecule has 1 aliphatic rings. The van der Waals surface area contributed by atoms with Crippen LogP contribution in [0.4, 0.5) is 37.8 Å². The Morgan fingerprint density at radius 3 is 2.12 bits per heavy atom. The van der Waals surface area contributed by atoms with Gasteiger partial charge in [-0.1, -0.05) is 52.7 Å². The molecular weight excluding hydrogens is 566 g/mol. The van der Waals surface area contributed by atoms with Gasteiger partial charge in [-0.3, -0.25) is 9.20 Å². The van der Waals surface area contributed by atoms with Gasteiger partial charge < -0.3 is 15.3 Å². The first kappa shape index (κ1) is 36.3. The molecule has 0 amide bonds. The van der Waals surface area contributed by atoms with Crippen LogP contribution in [-0.2, 0) is 12.7 Å². The second-order valence-electron chi connectivity index (χ2n) is 8.90. The number of hydrogen-bond donors (Lipinski definition) is 2. The van der Waals surface area contributed by atoms with E-state index >= 15 is 0 Å². The minimum absolute atomic E-state index is 0.0112. The van der Waals surface area contributed by atoms with Gasteiger partial charge >= 0.3 is 18.8 Å². The number of pyridine rings is 1. The Bertz CT molecular complexity index is 1300. The Kier molecular flexibility index (Phi) is 15.5. The van der Waals surface area contributed by atoms with E-state index in [4.69, 9.17) is 0 Å². The second-order valence-corrected chi connectivity index (χ2v) is 8.90. The number of unbranched alkanes of at least 4 members (excludes halogenated alkanes) is 1. The minimum atomic E-state index is -4.66. The van der Waals surface area contributed by atoms with Crippen LogP contribution in [0.3, 0.4) is 0 Å². The maximum Gasteiger partial charge on any atom is 0.417 e. The third-order valence-corrected chi connectivity index (χ3v) is 5.96. The molecule has 2 aromatic heterocycles. The molecule has 0 unspecified atom stereocenters. The number of nitrogens with zero attached hydrogens (tertiary/aromatic N) is 3. The zero-order valence-electron chi connectivity index (χ0n) is 24.1. The highest BCUT2D eigenvalue weighted by molar-refractivity contribution is 5.94. The third-order valence-electron chi connectivity index (χ3n) is 5.96. The first-order valence-electron chi connectivity index (χ1n) is 13.8. The van der Waals surface area contributed by atoms with Gasteiger partial charge in [-0.25, -0.2) is 9.78 Å². The number of anilines is 2. The molecule has 3 aromatic rings. The number of aromatic nitrogens is 2. The standard InChI is InChI=1S/C22H21F3N4O3.C4H10.C2H6.CHF3/c23-22(24,25)15-10-14(12-26-17-7-3-2-6-16(17)21(31)32)20-27-18(11-19(30)29(20)13-15)28-8-4-1-5-9-28;1-3-4-2;1-2;2-1(3)4/h2-3,6-7,10-11,13,26H,1,4-5,8-9,12H2,(H,31,32);3-4H2,1-2H3;1-2H3;1H. The zero-order chi connectivity index (χ0) is 31.9. The zero-order valence-corrected chi connectivity index (χ0v) is 24.1. The first-order valence-corrected chi connectivity index (χ1v) is 13.8. The van der Waals surface area contributed by atoms with E-state index in [-0.39, 0.29) is 29.0 Å². The SMILES string of the molecule is CC.CCCC.FC(F)F.O=C(O)c1ccccc1NCc1cc(C(F)(F)F)cn2c(=O)cc(N3CCCCC3)nc12. The number of carboxylic acid groups (broad SMARTS) is 1. The Morgan fingerprint density at radius 2 is 1.60 bits per heavy atom. The summed E-state index contributed by atoms with van der Waals surface area (Å²) in [7, 11) is 0. The van der Waals surface area contributed by atoms with Gasteiger partial charge in [-0.05, 0) is 37.5 Å². The molecular formula is C29H38F6N4O3. The van der Waals surface area contributed by atoms with Crippen LogP contribution in [0.15, 0.2) is 47.4 Å². The van der Waals surface area contributed by atoms with Crippen molar-refractivity contribution in [3.8, 4) is 0 Å². The Morgan fingerprint density at radius 1 is 1.02 bits per heavy atom. The van der Waals surface area contributed by atoms with Crippen molar-refractivity contribution in [2.75, 3.05) is 23.3 Å². The Balaban J connectivity index is 0.000000773. The quantitative estimate of drug-likeness (QED) is 0.277. The summed E-state index contributed by atoms with van der Waals surface area (Å²) in [6, 6.07) is 8.30. The number of alkyl halides is 6. The highest BCUT2D eigenvalue weighted by Crippen LogP contribution is 2.31. The van der Waals surface area contributed by atoms with E-state index in [0.717, 1.165) is 49.0 Å². The summed E-state index contributed by atoms with van der Waals surface area (Å²) < 4.78 is 70.4. The smallest absolute Gasteiger partial charge is 0.417 e. The van der Waals surface area contributed by atoms with Gasteiger partial charge in [0.2, 0.25) is 0 Å². The lowest BCUT2D eigenvalue weighted by Gasteiger charge is -2.28. The maximum atomic E-state index is 13.5. The number of para-hydroxylation sites is 1. The van der Waals surface area contributed by atoms with Crippen molar-refractivity contribution >= 4 is 23.1 Å². The van der Waals surface area contributed by atoms with Crippen LogP contribution in [0.2, 0.25) is 0 Å². The summed E-state index contributed by atoms with van der Waals surface area (Å²) in [6.07, 6.45) is 1.71. The van der Waals surface area contributed by atoms with E-state index in [1.165, 1.54) is 31.0 Å². The molecule has 4 rings (SSSR count).